The Morgan fingerprint density at radius 2 is 2.37 bits per heavy atom. The molecule has 104 valence electrons. The standard InChI is InChI=1S/C14H22N4O/c1-3-12-9-13(18(4-2)17-12)14(19)16-10-11-5-7-15-8-6-11/h5,9,15H,3-4,6-8,10H2,1-2H3,(H,16,19). The van der Waals surface area contributed by atoms with Gasteiger partial charge in [0.1, 0.15) is 5.69 Å². The number of rotatable bonds is 5. The second kappa shape index (κ2) is 6.52. The van der Waals surface area contributed by atoms with Gasteiger partial charge in [-0.05, 0) is 32.4 Å². The predicted molar refractivity (Wildman–Crippen MR) is 75.2 cm³/mol. The van der Waals surface area contributed by atoms with Crippen molar-refractivity contribution < 1.29 is 4.79 Å². The first-order valence-corrected chi connectivity index (χ1v) is 6.98. The molecule has 0 bridgehead atoms. The van der Waals surface area contributed by atoms with Crippen LogP contribution in [0.25, 0.3) is 0 Å². The van der Waals surface area contributed by atoms with Crippen LogP contribution in [0.2, 0.25) is 0 Å². The molecule has 0 radical (unpaired) electrons. The Morgan fingerprint density at radius 3 is 3.00 bits per heavy atom. The van der Waals surface area contributed by atoms with Gasteiger partial charge in [-0.15, -0.1) is 0 Å². The lowest BCUT2D eigenvalue weighted by atomic mass is 10.1. The molecule has 0 saturated carbocycles. The van der Waals surface area contributed by atoms with Crippen molar-refractivity contribution >= 4 is 5.91 Å². The summed E-state index contributed by atoms with van der Waals surface area (Å²) in [5.74, 6) is -0.0338. The highest BCUT2D eigenvalue weighted by molar-refractivity contribution is 5.92. The molecule has 0 fully saturated rings. The lowest BCUT2D eigenvalue weighted by molar-refractivity contribution is 0.0946. The molecule has 1 amide bonds. The van der Waals surface area contributed by atoms with E-state index in [1.807, 2.05) is 19.9 Å². The van der Waals surface area contributed by atoms with Crippen LogP contribution >= 0.6 is 0 Å². The maximum absolute atomic E-state index is 12.2. The minimum Gasteiger partial charge on any atom is -0.347 e. The SMILES string of the molecule is CCc1cc(C(=O)NCC2=CCNCC2)n(CC)n1. The van der Waals surface area contributed by atoms with Crippen molar-refractivity contribution in [3.05, 3.63) is 29.1 Å². The van der Waals surface area contributed by atoms with Gasteiger partial charge in [-0.25, -0.2) is 0 Å². The molecule has 1 aliphatic rings. The van der Waals surface area contributed by atoms with Crippen molar-refractivity contribution in [3.8, 4) is 0 Å². The summed E-state index contributed by atoms with van der Waals surface area (Å²) in [6.45, 7) is 7.29. The van der Waals surface area contributed by atoms with Gasteiger partial charge in [0.05, 0.1) is 5.69 Å². The molecule has 0 aromatic carbocycles. The zero-order chi connectivity index (χ0) is 13.7. The Bertz CT molecular complexity index is 476. The fourth-order valence-corrected chi connectivity index (χ4v) is 2.18. The van der Waals surface area contributed by atoms with E-state index in [0.29, 0.717) is 12.2 Å². The fourth-order valence-electron chi connectivity index (χ4n) is 2.18. The summed E-state index contributed by atoms with van der Waals surface area (Å²) in [5.41, 5.74) is 2.92. The number of aryl methyl sites for hydroxylation is 2. The highest BCUT2D eigenvalue weighted by Crippen LogP contribution is 2.07. The summed E-state index contributed by atoms with van der Waals surface area (Å²) in [6.07, 6.45) is 4.01. The van der Waals surface area contributed by atoms with Crippen molar-refractivity contribution in [1.29, 1.82) is 0 Å². The van der Waals surface area contributed by atoms with Crippen LogP contribution in [0, 0.1) is 0 Å². The van der Waals surface area contributed by atoms with Crippen molar-refractivity contribution in [2.24, 2.45) is 0 Å². The van der Waals surface area contributed by atoms with Gasteiger partial charge in [-0.1, -0.05) is 18.6 Å². The summed E-state index contributed by atoms with van der Waals surface area (Å²) in [6, 6.07) is 1.88. The van der Waals surface area contributed by atoms with Crippen LogP contribution in [0.1, 0.15) is 36.5 Å². The molecule has 1 aliphatic heterocycles. The molecule has 0 aliphatic carbocycles. The average molecular weight is 262 g/mol. The molecule has 5 heteroatoms. The van der Waals surface area contributed by atoms with Crippen LogP contribution in [0.5, 0.6) is 0 Å². The Morgan fingerprint density at radius 1 is 1.53 bits per heavy atom. The Labute approximate surface area is 114 Å². The Balaban J connectivity index is 1.99. The lowest BCUT2D eigenvalue weighted by Crippen LogP contribution is -2.30. The van der Waals surface area contributed by atoms with Gasteiger partial charge in [0.25, 0.3) is 5.91 Å². The minimum absolute atomic E-state index is 0.0338. The first kappa shape index (κ1) is 13.8. The normalized spacial score (nSPS) is 15.2. The van der Waals surface area contributed by atoms with Crippen molar-refractivity contribution in [2.75, 3.05) is 19.6 Å². The highest BCUT2D eigenvalue weighted by Gasteiger charge is 2.14. The number of carbonyl (C=O) groups excluding carboxylic acids is 1. The topological polar surface area (TPSA) is 59.0 Å². The van der Waals surface area contributed by atoms with Crippen LogP contribution in [-0.4, -0.2) is 35.3 Å². The summed E-state index contributed by atoms with van der Waals surface area (Å²) in [5, 5.41) is 10.6. The number of nitrogens with one attached hydrogen (secondary N) is 2. The van der Waals surface area contributed by atoms with Crippen LogP contribution in [0.3, 0.4) is 0 Å². The van der Waals surface area contributed by atoms with E-state index < -0.39 is 0 Å². The maximum Gasteiger partial charge on any atom is 0.269 e. The molecular formula is C14H22N4O. The Hall–Kier alpha value is -1.62. The van der Waals surface area contributed by atoms with Gasteiger partial charge in [-0.2, -0.15) is 5.10 Å². The van der Waals surface area contributed by atoms with E-state index in [0.717, 1.165) is 38.2 Å². The van der Waals surface area contributed by atoms with E-state index in [1.54, 1.807) is 4.68 Å². The molecule has 0 spiro atoms. The molecule has 2 rings (SSSR count). The van der Waals surface area contributed by atoms with Crippen molar-refractivity contribution in [1.82, 2.24) is 20.4 Å². The largest absolute Gasteiger partial charge is 0.347 e. The van der Waals surface area contributed by atoms with E-state index in [4.69, 9.17) is 0 Å². The minimum atomic E-state index is -0.0338. The fraction of sp³-hybridized carbons (Fsp3) is 0.571. The smallest absolute Gasteiger partial charge is 0.269 e. The van der Waals surface area contributed by atoms with Gasteiger partial charge in [0.2, 0.25) is 0 Å². The average Bonchev–Trinajstić information content (AvgIpc) is 2.89. The molecule has 2 N–H and O–H groups in total. The van der Waals surface area contributed by atoms with E-state index >= 15 is 0 Å². The van der Waals surface area contributed by atoms with Crippen molar-refractivity contribution in [3.63, 3.8) is 0 Å². The van der Waals surface area contributed by atoms with Gasteiger partial charge in [-0.3, -0.25) is 9.48 Å². The van der Waals surface area contributed by atoms with Crippen LogP contribution in [-0.2, 0) is 13.0 Å². The molecular weight excluding hydrogens is 240 g/mol. The summed E-state index contributed by atoms with van der Waals surface area (Å²) in [4.78, 5) is 12.2. The number of hydrogen-bond donors (Lipinski definition) is 2. The lowest BCUT2D eigenvalue weighted by Gasteiger charge is -2.14. The quantitative estimate of drug-likeness (QED) is 0.782. The third-order valence-electron chi connectivity index (χ3n) is 3.36. The van der Waals surface area contributed by atoms with Gasteiger partial charge >= 0.3 is 0 Å². The summed E-state index contributed by atoms with van der Waals surface area (Å²) < 4.78 is 1.77. The van der Waals surface area contributed by atoms with E-state index in [1.165, 1.54) is 5.57 Å². The molecule has 1 aromatic rings. The maximum atomic E-state index is 12.2. The van der Waals surface area contributed by atoms with E-state index in [-0.39, 0.29) is 5.91 Å². The van der Waals surface area contributed by atoms with Gasteiger partial charge < -0.3 is 10.6 Å². The van der Waals surface area contributed by atoms with Gasteiger partial charge in [0, 0.05) is 19.6 Å². The van der Waals surface area contributed by atoms with Crippen LogP contribution in [0.15, 0.2) is 17.7 Å². The molecule has 5 nitrogen and oxygen atoms in total. The van der Waals surface area contributed by atoms with E-state index in [2.05, 4.69) is 21.8 Å². The zero-order valence-corrected chi connectivity index (χ0v) is 11.7. The van der Waals surface area contributed by atoms with Gasteiger partial charge in [0.15, 0.2) is 0 Å². The number of amides is 1. The third-order valence-corrected chi connectivity index (χ3v) is 3.36. The second-order valence-corrected chi connectivity index (χ2v) is 4.69. The number of carbonyl (C=O) groups is 1. The molecule has 0 saturated heterocycles. The number of aromatic nitrogens is 2. The molecule has 2 heterocycles. The highest BCUT2D eigenvalue weighted by atomic mass is 16.2. The number of nitrogens with zero attached hydrogens (tertiary/aromatic N) is 2. The third kappa shape index (κ3) is 3.44. The van der Waals surface area contributed by atoms with Crippen LogP contribution < -0.4 is 10.6 Å². The van der Waals surface area contributed by atoms with Crippen LogP contribution in [0.4, 0.5) is 0 Å². The molecule has 0 atom stereocenters. The monoisotopic (exact) mass is 262 g/mol. The predicted octanol–water partition coefficient (Wildman–Crippen LogP) is 1.11. The van der Waals surface area contributed by atoms with E-state index in [9.17, 15) is 4.79 Å². The van der Waals surface area contributed by atoms with Crippen molar-refractivity contribution in [2.45, 2.75) is 33.2 Å². The first-order valence-electron chi connectivity index (χ1n) is 6.98. The molecule has 1 aromatic heterocycles. The molecule has 0 unspecified atom stereocenters. The summed E-state index contributed by atoms with van der Waals surface area (Å²) >= 11 is 0. The molecule has 19 heavy (non-hydrogen) atoms. The first-order chi connectivity index (χ1) is 9.24. The number of hydrogen-bond acceptors (Lipinski definition) is 3. The Kier molecular flexibility index (Phi) is 4.74. The zero-order valence-electron chi connectivity index (χ0n) is 11.7. The summed E-state index contributed by atoms with van der Waals surface area (Å²) in [7, 11) is 0. The second-order valence-electron chi connectivity index (χ2n) is 4.69.